The number of rotatable bonds is 8. The molecule has 2 aromatic rings. The largest absolute Gasteiger partial charge is 0.483 e. The number of halogens is 1. The summed E-state index contributed by atoms with van der Waals surface area (Å²) in [6.07, 6.45) is 2.13. The Bertz CT molecular complexity index is 813. The van der Waals surface area contributed by atoms with E-state index in [1.807, 2.05) is 42.2 Å². The Morgan fingerprint density at radius 2 is 2.00 bits per heavy atom. The number of hydrogen-bond acceptors (Lipinski definition) is 3. The van der Waals surface area contributed by atoms with Crippen molar-refractivity contribution in [1.29, 1.82) is 0 Å². The Morgan fingerprint density at radius 1 is 1.24 bits per heavy atom. The highest BCUT2D eigenvalue weighted by atomic mass is 35.5. The van der Waals surface area contributed by atoms with E-state index < -0.39 is 0 Å². The van der Waals surface area contributed by atoms with E-state index in [1.54, 1.807) is 0 Å². The number of carbonyl (C=O) groups excluding carboxylic acids is 1. The van der Waals surface area contributed by atoms with Gasteiger partial charge in [-0.1, -0.05) is 49.7 Å². The first-order valence-corrected chi connectivity index (χ1v) is 10.7. The van der Waals surface area contributed by atoms with Gasteiger partial charge >= 0.3 is 0 Å². The van der Waals surface area contributed by atoms with Crippen LogP contribution in [0.2, 0.25) is 5.02 Å². The summed E-state index contributed by atoms with van der Waals surface area (Å²) in [5.41, 5.74) is 3.28. The van der Waals surface area contributed by atoms with E-state index in [1.165, 1.54) is 0 Å². The van der Waals surface area contributed by atoms with E-state index in [9.17, 15) is 4.79 Å². The smallest absolute Gasteiger partial charge is 0.260 e. The van der Waals surface area contributed by atoms with Crippen molar-refractivity contribution in [1.82, 2.24) is 4.90 Å². The summed E-state index contributed by atoms with van der Waals surface area (Å²) in [5.74, 6) is 1.08. The van der Waals surface area contributed by atoms with E-state index in [-0.39, 0.29) is 18.6 Å². The normalized spacial score (nSPS) is 16.2. The first-order valence-electron chi connectivity index (χ1n) is 10.3. The lowest BCUT2D eigenvalue weighted by molar-refractivity contribution is -0.135. The van der Waals surface area contributed by atoms with Crippen molar-refractivity contribution < 1.29 is 14.3 Å². The van der Waals surface area contributed by atoms with Crippen LogP contribution < -0.4 is 4.74 Å². The zero-order valence-electron chi connectivity index (χ0n) is 17.5. The topological polar surface area (TPSA) is 38.8 Å². The van der Waals surface area contributed by atoms with Crippen LogP contribution in [0.1, 0.15) is 49.3 Å². The third-order valence-electron chi connectivity index (χ3n) is 5.23. The average Bonchev–Trinajstić information content (AvgIpc) is 3.20. The van der Waals surface area contributed by atoms with Crippen molar-refractivity contribution >= 4 is 17.5 Å². The molecule has 2 aromatic carbocycles. The van der Waals surface area contributed by atoms with Crippen LogP contribution in [-0.4, -0.2) is 36.7 Å². The highest BCUT2D eigenvalue weighted by molar-refractivity contribution is 6.30. The van der Waals surface area contributed by atoms with E-state index in [4.69, 9.17) is 21.1 Å². The Morgan fingerprint density at radius 3 is 2.66 bits per heavy atom. The fraction of sp³-hybridized carbons (Fsp3) is 0.458. The molecule has 0 saturated carbocycles. The number of carbonyl (C=O) groups is 1. The average molecular weight is 416 g/mol. The maximum absolute atomic E-state index is 13.1. The zero-order chi connectivity index (χ0) is 20.8. The molecule has 1 unspecified atom stereocenters. The maximum Gasteiger partial charge on any atom is 0.260 e. The molecule has 0 aromatic heterocycles. The van der Waals surface area contributed by atoms with Crippen molar-refractivity contribution in [2.75, 3.05) is 19.8 Å². The predicted octanol–water partition coefficient (Wildman–Crippen LogP) is 5.36. The molecule has 1 fully saturated rings. The van der Waals surface area contributed by atoms with Gasteiger partial charge in [-0.3, -0.25) is 4.79 Å². The first kappa shape index (κ1) is 21.7. The molecule has 29 heavy (non-hydrogen) atoms. The Hall–Kier alpha value is -2.04. The second kappa shape index (κ2) is 10.1. The van der Waals surface area contributed by atoms with Crippen LogP contribution in [0.15, 0.2) is 42.5 Å². The van der Waals surface area contributed by atoms with Crippen molar-refractivity contribution in [3.8, 4) is 5.75 Å². The summed E-state index contributed by atoms with van der Waals surface area (Å²) in [4.78, 5) is 14.9. The zero-order valence-corrected chi connectivity index (χ0v) is 18.2. The van der Waals surface area contributed by atoms with E-state index >= 15 is 0 Å². The summed E-state index contributed by atoms with van der Waals surface area (Å²) in [7, 11) is 0. The van der Waals surface area contributed by atoms with Crippen LogP contribution in [0.4, 0.5) is 0 Å². The van der Waals surface area contributed by atoms with Gasteiger partial charge in [-0.25, -0.2) is 0 Å². The van der Waals surface area contributed by atoms with Gasteiger partial charge in [0.1, 0.15) is 5.75 Å². The molecule has 0 aliphatic carbocycles. The summed E-state index contributed by atoms with van der Waals surface area (Å²) in [6.45, 7) is 8.17. The van der Waals surface area contributed by atoms with E-state index in [0.717, 1.165) is 41.9 Å². The summed E-state index contributed by atoms with van der Waals surface area (Å²) < 4.78 is 11.8. The van der Waals surface area contributed by atoms with Gasteiger partial charge in [0.15, 0.2) is 6.61 Å². The number of benzene rings is 2. The van der Waals surface area contributed by atoms with Crippen LogP contribution in [0.3, 0.4) is 0 Å². The van der Waals surface area contributed by atoms with Gasteiger partial charge in [0.2, 0.25) is 0 Å². The second-order valence-electron chi connectivity index (χ2n) is 8.02. The van der Waals surface area contributed by atoms with Crippen LogP contribution in [-0.2, 0) is 16.1 Å². The monoisotopic (exact) mass is 415 g/mol. The number of amides is 1. The molecule has 1 amide bonds. The van der Waals surface area contributed by atoms with Crippen molar-refractivity contribution in [3.63, 3.8) is 0 Å². The molecular formula is C24H30ClNO3. The van der Waals surface area contributed by atoms with Gasteiger partial charge in [0.25, 0.3) is 5.91 Å². The fourth-order valence-corrected chi connectivity index (χ4v) is 3.70. The predicted molar refractivity (Wildman–Crippen MR) is 117 cm³/mol. The van der Waals surface area contributed by atoms with Gasteiger partial charge in [-0.05, 0) is 60.6 Å². The lowest BCUT2D eigenvalue weighted by Crippen LogP contribution is -2.39. The first-order chi connectivity index (χ1) is 13.9. The van der Waals surface area contributed by atoms with Crippen LogP contribution >= 0.6 is 11.6 Å². The molecule has 0 radical (unpaired) electrons. The molecule has 1 heterocycles. The number of hydrogen-bond donors (Lipinski definition) is 0. The number of nitrogens with zero attached hydrogens (tertiary/aromatic N) is 1. The maximum atomic E-state index is 13.1. The van der Waals surface area contributed by atoms with Gasteiger partial charge in [-0.2, -0.15) is 0 Å². The lowest BCUT2D eigenvalue weighted by Gasteiger charge is -2.26. The minimum absolute atomic E-state index is 0.0173. The molecule has 156 valence electrons. The Balaban J connectivity index is 1.70. The van der Waals surface area contributed by atoms with Gasteiger partial charge < -0.3 is 14.4 Å². The molecule has 0 N–H and O–H groups in total. The Labute approximate surface area is 178 Å². The fourth-order valence-electron chi connectivity index (χ4n) is 3.57. The van der Waals surface area contributed by atoms with Crippen LogP contribution in [0.5, 0.6) is 5.75 Å². The SMILES string of the molecule is Cc1ccc(C(C)C)c(OCC(=O)N(Cc2ccc(Cl)cc2)CC2CCCO2)c1. The van der Waals surface area contributed by atoms with Crippen molar-refractivity contribution in [3.05, 3.63) is 64.2 Å². The molecule has 1 aliphatic rings. The lowest BCUT2D eigenvalue weighted by atomic mass is 10.0. The standard InChI is InChI=1S/C24H30ClNO3/c1-17(2)22-11-6-18(3)13-23(22)29-16-24(27)26(15-21-5-4-12-28-21)14-19-7-9-20(25)10-8-19/h6-11,13,17,21H,4-5,12,14-16H2,1-3H3. The molecule has 3 rings (SSSR count). The van der Waals surface area contributed by atoms with Crippen LogP contribution in [0.25, 0.3) is 0 Å². The molecule has 0 spiro atoms. The molecule has 1 saturated heterocycles. The summed E-state index contributed by atoms with van der Waals surface area (Å²) in [5, 5.41) is 0.690. The number of aryl methyl sites for hydroxylation is 1. The molecule has 1 aliphatic heterocycles. The molecule has 0 bridgehead atoms. The molecule has 5 heteroatoms. The van der Waals surface area contributed by atoms with Gasteiger partial charge in [0, 0.05) is 24.7 Å². The number of ether oxygens (including phenoxy) is 2. The molecule has 4 nitrogen and oxygen atoms in total. The van der Waals surface area contributed by atoms with Crippen molar-refractivity contribution in [2.45, 2.75) is 52.2 Å². The minimum Gasteiger partial charge on any atom is -0.483 e. The highest BCUT2D eigenvalue weighted by Crippen LogP contribution is 2.27. The second-order valence-corrected chi connectivity index (χ2v) is 8.46. The summed E-state index contributed by atoms with van der Waals surface area (Å²) in [6, 6.07) is 13.8. The van der Waals surface area contributed by atoms with Gasteiger partial charge in [-0.15, -0.1) is 0 Å². The molecule has 1 atom stereocenters. The van der Waals surface area contributed by atoms with Crippen LogP contribution in [0, 0.1) is 6.92 Å². The van der Waals surface area contributed by atoms with E-state index in [0.29, 0.717) is 24.0 Å². The minimum atomic E-state index is -0.0355. The van der Waals surface area contributed by atoms with Gasteiger partial charge in [0.05, 0.1) is 6.10 Å². The van der Waals surface area contributed by atoms with Crippen molar-refractivity contribution in [2.24, 2.45) is 0 Å². The molecular weight excluding hydrogens is 386 g/mol. The summed E-state index contributed by atoms with van der Waals surface area (Å²) >= 11 is 6.00. The Kier molecular flexibility index (Phi) is 7.57. The quantitative estimate of drug-likeness (QED) is 0.582. The highest BCUT2D eigenvalue weighted by Gasteiger charge is 2.23. The third kappa shape index (κ3) is 6.22. The third-order valence-corrected chi connectivity index (χ3v) is 5.48. The van der Waals surface area contributed by atoms with E-state index in [2.05, 4.69) is 26.0 Å².